The van der Waals surface area contributed by atoms with E-state index in [2.05, 4.69) is 16.5 Å². The lowest BCUT2D eigenvalue weighted by Gasteiger charge is -2.09. The molecule has 1 atom stereocenters. The van der Waals surface area contributed by atoms with Gasteiger partial charge in [0.05, 0.1) is 6.10 Å². The van der Waals surface area contributed by atoms with Crippen LogP contribution in [-0.4, -0.2) is 14.7 Å². The summed E-state index contributed by atoms with van der Waals surface area (Å²) in [6.07, 6.45) is 3.87. The van der Waals surface area contributed by atoms with Gasteiger partial charge >= 0.3 is 0 Å². The smallest absolute Gasteiger partial charge is 0.111 e. The normalized spacial score (nSPS) is 12.9. The van der Waals surface area contributed by atoms with Crippen LogP contribution < -0.4 is 0 Å². The Hall–Kier alpha value is -1.13. The Morgan fingerprint density at radius 1 is 1.60 bits per heavy atom. The van der Waals surface area contributed by atoms with E-state index in [9.17, 15) is 5.11 Å². The molecule has 80 valence electrons. The number of rotatable bonds is 4. The molecule has 0 aliphatic rings. The quantitative estimate of drug-likeness (QED) is 0.861. The first-order chi connectivity index (χ1) is 7.31. The third kappa shape index (κ3) is 2.27. The predicted octanol–water partition coefficient (Wildman–Crippen LogP) is 2.24. The van der Waals surface area contributed by atoms with E-state index in [1.807, 2.05) is 23.7 Å². The van der Waals surface area contributed by atoms with Gasteiger partial charge in [0.15, 0.2) is 0 Å². The number of nitrogens with zero attached hydrogens (tertiary/aromatic N) is 2. The van der Waals surface area contributed by atoms with Gasteiger partial charge in [-0.1, -0.05) is 6.07 Å². The monoisotopic (exact) mass is 222 g/mol. The second-order valence-corrected chi connectivity index (χ2v) is 4.34. The number of aliphatic hydroxyl groups is 1. The van der Waals surface area contributed by atoms with Gasteiger partial charge in [-0.2, -0.15) is 0 Å². The fourth-order valence-corrected chi connectivity index (χ4v) is 2.28. The largest absolute Gasteiger partial charge is 0.387 e. The zero-order valence-corrected chi connectivity index (χ0v) is 9.44. The molecule has 2 aromatic heterocycles. The van der Waals surface area contributed by atoms with Gasteiger partial charge in [0.25, 0.3) is 0 Å². The van der Waals surface area contributed by atoms with Crippen molar-refractivity contribution in [3.63, 3.8) is 0 Å². The van der Waals surface area contributed by atoms with Crippen molar-refractivity contribution in [2.24, 2.45) is 0 Å². The van der Waals surface area contributed by atoms with E-state index < -0.39 is 6.10 Å². The number of hydrogen-bond acceptors (Lipinski definition) is 3. The van der Waals surface area contributed by atoms with Crippen LogP contribution in [0.1, 0.15) is 23.7 Å². The minimum absolute atomic E-state index is 0.433. The molecule has 0 aliphatic heterocycles. The molecule has 0 spiro atoms. The maximum absolute atomic E-state index is 9.96. The van der Waals surface area contributed by atoms with E-state index in [1.165, 1.54) is 0 Å². The fourth-order valence-electron chi connectivity index (χ4n) is 1.57. The molecule has 2 heterocycles. The molecule has 2 rings (SSSR count). The van der Waals surface area contributed by atoms with Gasteiger partial charge in [-0.05, 0) is 18.4 Å². The second-order valence-electron chi connectivity index (χ2n) is 3.36. The van der Waals surface area contributed by atoms with Crippen LogP contribution in [0.2, 0.25) is 0 Å². The minimum atomic E-state index is -0.433. The molecule has 0 bridgehead atoms. The average molecular weight is 222 g/mol. The zero-order valence-electron chi connectivity index (χ0n) is 8.63. The lowest BCUT2D eigenvalue weighted by atomic mass is 10.2. The van der Waals surface area contributed by atoms with Crippen LogP contribution in [0.3, 0.4) is 0 Å². The zero-order chi connectivity index (χ0) is 10.7. The number of thiophene rings is 1. The average Bonchev–Trinajstić information content (AvgIpc) is 2.87. The first kappa shape index (κ1) is 10.4. The van der Waals surface area contributed by atoms with Crippen LogP contribution in [0.25, 0.3) is 0 Å². The molecule has 1 N–H and O–H groups in total. The van der Waals surface area contributed by atoms with Crippen molar-refractivity contribution in [2.75, 3.05) is 0 Å². The molecule has 0 amide bonds. The van der Waals surface area contributed by atoms with Gasteiger partial charge in [0, 0.05) is 30.2 Å². The lowest BCUT2D eigenvalue weighted by molar-refractivity contribution is 0.178. The molecule has 2 aromatic rings. The molecule has 3 nitrogen and oxygen atoms in total. The molecule has 0 aliphatic carbocycles. The second kappa shape index (κ2) is 4.59. The Morgan fingerprint density at radius 3 is 3.13 bits per heavy atom. The molecule has 1 unspecified atom stereocenters. The predicted molar refractivity (Wildman–Crippen MR) is 60.9 cm³/mol. The number of aryl methyl sites for hydroxylation is 1. The highest BCUT2D eigenvalue weighted by Gasteiger charge is 2.12. The SMILES string of the molecule is CCn1ccnc1CC(O)c1cccs1. The first-order valence-electron chi connectivity index (χ1n) is 5.02. The third-order valence-corrected chi connectivity index (χ3v) is 3.36. The molecule has 15 heavy (non-hydrogen) atoms. The van der Waals surface area contributed by atoms with Crippen LogP contribution in [0.4, 0.5) is 0 Å². The Bertz CT molecular complexity index is 408. The van der Waals surface area contributed by atoms with Crippen molar-refractivity contribution in [1.29, 1.82) is 0 Å². The van der Waals surface area contributed by atoms with E-state index in [0.717, 1.165) is 17.2 Å². The lowest BCUT2D eigenvalue weighted by Crippen LogP contribution is -2.07. The third-order valence-electron chi connectivity index (χ3n) is 2.39. The van der Waals surface area contributed by atoms with E-state index in [0.29, 0.717) is 6.42 Å². The standard InChI is InChI=1S/C11H14N2OS/c1-2-13-6-5-12-11(13)8-9(14)10-4-3-7-15-10/h3-7,9,14H,2,8H2,1H3. The molecular weight excluding hydrogens is 208 g/mol. The van der Waals surface area contributed by atoms with E-state index in [-0.39, 0.29) is 0 Å². The molecule has 0 aromatic carbocycles. The summed E-state index contributed by atoms with van der Waals surface area (Å²) in [7, 11) is 0. The highest BCUT2D eigenvalue weighted by Crippen LogP contribution is 2.21. The van der Waals surface area contributed by atoms with E-state index in [4.69, 9.17) is 0 Å². The molecule has 0 fully saturated rings. The van der Waals surface area contributed by atoms with Crippen LogP contribution in [0.15, 0.2) is 29.9 Å². The molecule has 0 saturated carbocycles. The van der Waals surface area contributed by atoms with Crippen molar-refractivity contribution in [3.8, 4) is 0 Å². The summed E-state index contributed by atoms with van der Waals surface area (Å²) in [6.45, 7) is 2.97. The molecular formula is C11H14N2OS. The number of aliphatic hydroxyl groups excluding tert-OH is 1. The number of hydrogen-bond donors (Lipinski definition) is 1. The summed E-state index contributed by atoms with van der Waals surface area (Å²) >= 11 is 1.58. The maximum Gasteiger partial charge on any atom is 0.111 e. The van der Waals surface area contributed by atoms with E-state index in [1.54, 1.807) is 17.5 Å². The Kier molecular flexibility index (Phi) is 3.18. The number of imidazole rings is 1. The summed E-state index contributed by atoms with van der Waals surface area (Å²) in [4.78, 5) is 5.25. The summed E-state index contributed by atoms with van der Waals surface area (Å²) < 4.78 is 2.05. The molecule has 0 radical (unpaired) electrons. The van der Waals surface area contributed by atoms with Gasteiger partial charge in [0.1, 0.15) is 5.82 Å². The van der Waals surface area contributed by atoms with Crippen molar-refractivity contribution in [1.82, 2.24) is 9.55 Å². The van der Waals surface area contributed by atoms with Crippen molar-refractivity contribution in [3.05, 3.63) is 40.6 Å². The number of aromatic nitrogens is 2. The topological polar surface area (TPSA) is 38.0 Å². The van der Waals surface area contributed by atoms with Gasteiger partial charge in [-0.25, -0.2) is 4.98 Å². The van der Waals surface area contributed by atoms with Gasteiger partial charge in [-0.3, -0.25) is 0 Å². The summed E-state index contributed by atoms with van der Waals surface area (Å²) in [5.41, 5.74) is 0. The van der Waals surface area contributed by atoms with Crippen LogP contribution >= 0.6 is 11.3 Å². The highest BCUT2D eigenvalue weighted by atomic mass is 32.1. The molecule has 0 saturated heterocycles. The van der Waals surface area contributed by atoms with E-state index >= 15 is 0 Å². The van der Waals surface area contributed by atoms with Crippen molar-refractivity contribution >= 4 is 11.3 Å². The van der Waals surface area contributed by atoms with Crippen LogP contribution in [0, 0.1) is 0 Å². The van der Waals surface area contributed by atoms with Gasteiger partial charge in [0.2, 0.25) is 0 Å². The Balaban J connectivity index is 2.09. The minimum Gasteiger partial charge on any atom is -0.387 e. The van der Waals surface area contributed by atoms with Crippen molar-refractivity contribution < 1.29 is 5.11 Å². The molecule has 4 heteroatoms. The fraction of sp³-hybridized carbons (Fsp3) is 0.364. The highest BCUT2D eigenvalue weighted by molar-refractivity contribution is 7.10. The van der Waals surface area contributed by atoms with Crippen LogP contribution in [0.5, 0.6) is 0 Å². The summed E-state index contributed by atoms with van der Waals surface area (Å²) in [5.74, 6) is 0.943. The Labute approximate surface area is 93.0 Å². The van der Waals surface area contributed by atoms with Gasteiger partial charge < -0.3 is 9.67 Å². The van der Waals surface area contributed by atoms with Crippen molar-refractivity contribution in [2.45, 2.75) is 26.0 Å². The summed E-state index contributed by atoms with van der Waals surface area (Å²) in [5, 5.41) is 11.9. The summed E-state index contributed by atoms with van der Waals surface area (Å²) in [6, 6.07) is 3.91. The first-order valence-corrected chi connectivity index (χ1v) is 5.90. The van der Waals surface area contributed by atoms with Crippen LogP contribution in [-0.2, 0) is 13.0 Å². The Morgan fingerprint density at radius 2 is 2.47 bits per heavy atom. The van der Waals surface area contributed by atoms with Gasteiger partial charge in [-0.15, -0.1) is 11.3 Å². The maximum atomic E-state index is 9.96.